The van der Waals surface area contributed by atoms with E-state index in [0.29, 0.717) is 36.6 Å². The second kappa shape index (κ2) is 11.7. The van der Waals surface area contributed by atoms with E-state index in [9.17, 15) is 19.8 Å². The number of likely N-dealkylation sites (tertiary alicyclic amines) is 1. The summed E-state index contributed by atoms with van der Waals surface area (Å²) < 4.78 is 5.68. The Labute approximate surface area is 201 Å². The minimum absolute atomic E-state index is 0.0508. The molecular weight excluding hydrogens is 432 g/mol. The van der Waals surface area contributed by atoms with Crippen LogP contribution >= 0.6 is 0 Å². The third kappa shape index (κ3) is 5.59. The highest BCUT2D eigenvalue weighted by Crippen LogP contribution is 2.39. The molecule has 1 aliphatic rings. The molecule has 1 saturated heterocycles. The topological polar surface area (TPSA) is 90.3 Å². The molecule has 0 aromatic heterocycles. The number of hydrogen-bond donors (Lipinski definition) is 2. The Morgan fingerprint density at radius 3 is 2.24 bits per heavy atom. The van der Waals surface area contributed by atoms with Crippen molar-refractivity contribution in [3.8, 4) is 11.5 Å². The van der Waals surface area contributed by atoms with Gasteiger partial charge in [0.05, 0.1) is 18.2 Å². The number of hydrogen-bond acceptors (Lipinski definition) is 6. The lowest BCUT2D eigenvalue weighted by Crippen LogP contribution is -2.38. The standard InChI is InChI=1S/C27H34N2O5/c1-4-7-18-34-22-14-10-20(11-15-22)25(31)23-24(19-8-12-21(30)13-9-19)29(27(33)26(23)32)17-16-28(5-2)6-3/h8-15,24,30-31H,4-7,16-18H2,1-3H3/t24-/m0/s1. The molecule has 0 bridgehead atoms. The summed E-state index contributed by atoms with van der Waals surface area (Å²) in [4.78, 5) is 29.8. The highest BCUT2D eigenvalue weighted by molar-refractivity contribution is 6.46. The summed E-state index contributed by atoms with van der Waals surface area (Å²) in [5.41, 5.74) is 1.14. The zero-order valence-electron chi connectivity index (χ0n) is 20.2. The number of likely N-dealkylation sites (N-methyl/N-ethyl adjacent to an activating group) is 1. The summed E-state index contributed by atoms with van der Waals surface area (Å²) >= 11 is 0. The smallest absolute Gasteiger partial charge is 0.295 e. The van der Waals surface area contributed by atoms with Crippen molar-refractivity contribution < 1.29 is 24.5 Å². The van der Waals surface area contributed by atoms with Gasteiger partial charge in [0.25, 0.3) is 11.7 Å². The molecule has 182 valence electrons. The minimum atomic E-state index is -0.739. The summed E-state index contributed by atoms with van der Waals surface area (Å²) in [7, 11) is 0. The van der Waals surface area contributed by atoms with Crippen LogP contribution in [-0.4, -0.2) is 64.5 Å². The van der Waals surface area contributed by atoms with Crippen LogP contribution < -0.4 is 4.74 Å². The van der Waals surface area contributed by atoms with Gasteiger partial charge in [-0.15, -0.1) is 0 Å². The lowest BCUT2D eigenvalue weighted by atomic mass is 9.95. The van der Waals surface area contributed by atoms with Crippen LogP contribution in [-0.2, 0) is 9.59 Å². The maximum atomic E-state index is 13.1. The molecule has 0 unspecified atom stereocenters. The molecule has 2 aromatic carbocycles. The van der Waals surface area contributed by atoms with Crippen LogP contribution in [0.3, 0.4) is 0 Å². The van der Waals surface area contributed by atoms with Crippen molar-refractivity contribution >= 4 is 17.4 Å². The molecule has 7 heteroatoms. The van der Waals surface area contributed by atoms with Crippen molar-refractivity contribution in [3.63, 3.8) is 0 Å². The number of aromatic hydroxyl groups is 1. The van der Waals surface area contributed by atoms with Gasteiger partial charge in [-0.3, -0.25) is 9.59 Å². The van der Waals surface area contributed by atoms with Crippen molar-refractivity contribution in [1.82, 2.24) is 9.80 Å². The largest absolute Gasteiger partial charge is 0.508 e. The van der Waals surface area contributed by atoms with Crippen molar-refractivity contribution in [3.05, 3.63) is 65.2 Å². The number of benzene rings is 2. The number of unbranched alkanes of at least 4 members (excludes halogenated alkanes) is 1. The Hall–Kier alpha value is -3.32. The number of ether oxygens (including phenoxy) is 1. The maximum absolute atomic E-state index is 13.1. The number of aliphatic hydroxyl groups excluding tert-OH is 1. The number of amides is 1. The lowest BCUT2D eigenvalue weighted by Gasteiger charge is -2.28. The van der Waals surface area contributed by atoms with Gasteiger partial charge in [0, 0.05) is 18.7 Å². The summed E-state index contributed by atoms with van der Waals surface area (Å²) in [5, 5.41) is 20.9. The molecule has 1 amide bonds. The Morgan fingerprint density at radius 1 is 1.00 bits per heavy atom. The van der Waals surface area contributed by atoms with Crippen LogP contribution in [0.15, 0.2) is 54.1 Å². The number of phenolic OH excluding ortho intramolecular Hbond substituents is 1. The van der Waals surface area contributed by atoms with E-state index < -0.39 is 17.7 Å². The normalized spacial score (nSPS) is 17.5. The average Bonchev–Trinajstić information content (AvgIpc) is 3.10. The van der Waals surface area contributed by atoms with Crippen molar-refractivity contribution in [2.45, 2.75) is 39.7 Å². The monoisotopic (exact) mass is 466 g/mol. The number of carbonyl (C=O) groups excluding carboxylic acids is 2. The molecule has 2 N–H and O–H groups in total. The van der Waals surface area contributed by atoms with Crippen LogP contribution in [0.5, 0.6) is 11.5 Å². The molecule has 1 fully saturated rings. The number of phenols is 1. The molecule has 1 heterocycles. The minimum Gasteiger partial charge on any atom is -0.508 e. The fraction of sp³-hybridized carbons (Fsp3) is 0.407. The SMILES string of the molecule is CCCCOc1ccc(C(O)=C2C(=O)C(=O)N(CCN(CC)CC)[C@H]2c2ccc(O)cc2)cc1. The first-order valence-electron chi connectivity index (χ1n) is 11.9. The Bertz CT molecular complexity index is 1010. The molecule has 0 aliphatic carbocycles. The van der Waals surface area contributed by atoms with E-state index in [1.807, 2.05) is 13.8 Å². The van der Waals surface area contributed by atoms with E-state index in [2.05, 4.69) is 11.8 Å². The molecule has 1 aliphatic heterocycles. The van der Waals surface area contributed by atoms with Gasteiger partial charge in [0.15, 0.2) is 0 Å². The van der Waals surface area contributed by atoms with E-state index in [-0.39, 0.29) is 17.1 Å². The van der Waals surface area contributed by atoms with E-state index >= 15 is 0 Å². The second-order valence-corrected chi connectivity index (χ2v) is 8.34. The molecule has 7 nitrogen and oxygen atoms in total. The first-order chi connectivity index (χ1) is 16.4. The van der Waals surface area contributed by atoms with E-state index in [4.69, 9.17) is 4.74 Å². The predicted octanol–water partition coefficient (Wildman–Crippen LogP) is 4.33. The van der Waals surface area contributed by atoms with Crippen molar-refractivity contribution in [1.29, 1.82) is 0 Å². The number of nitrogens with zero attached hydrogens (tertiary/aromatic N) is 2. The summed E-state index contributed by atoms with van der Waals surface area (Å²) in [6.07, 6.45) is 1.98. The van der Waals surface area contributed by atoms with Crippen LogP contribution in [0.4, 0.5) is 0 Å². The molecule has 3 rings (SSSR count). The highest BCUT2D eigenvalue weighted by atomic mass is 16.5. The third-order valence-corrected chi connectivity index (χ3v) is 6.19. The maximum Gasteiger partial charge on any atom is 0.295 e. The zero-order valence-corrected chi connectivity index (χ0v) is 20.2. The predicted molar refractivity (Wildman–Crippen MR) is 132 cm³/mol. The summed E-state index contributed by atoms with van der Waals surface area (Å²) in [6, 6.07) is 12.5. The quantitative estimate of drug-likeness (QED) is 0.222. The fourth-order valence-corrected chi connectivity index (χ4v) is 4.10. The summed E-state index contributed by atoms with van der Waals surface area (Å²) in [5.74, 6) is -0.797. The van der Waals surface area contributed by atoms with Gasteiger partial charge in [-0.1, -0.05) is 39.3 Å². The number of aliphatic hydroxyl groups is 1. The average molecular weight is 467 g/mol. The molecule has 0 spiro atoms. The van der Waals surface area contributed by atoms with E-state index in [1.54, 1.807) is 36.4 Å². The van der Waals surface area contributed by atoms with Crippen LogP contribution in [0, 0.1) is 0 Å². The second-order valence-electron chi connectivity index (χ2n) is 8.34. The van der Waals surface area contributed by atoms with Crippen molar-refractivity contribution in [2.75, 3.05) is 32.8 Å². The van der Waals surface area contributed by atoms with Crippen molar-refractivity contribution in [2.24, 2.45) is 0 Å². The molecule has 0 radical (unpaired) electrons. The Balaban J connectivity index is 1.98. The summed E-state index contributed by atoms with van der Waals surface area (Å²) in [6.45, 7) is 9.41. The Kier molecular flexibility index (Phi) is 8.71. The van der Waals surface area contributed by atoms with Crippen LogP contribution in [0.1, 0.15) is 50.8 Å². The molecule has 1 atom stereocenters. The van der Waals surface area contributed by atoms with Gasteiger partial charge in [-0.25, -0.2) is 0 Å². The van der Waals surface area contributed by atoms with Gasteiger partial charge < -0.3 is 24.7 Å². The molecule has 2 aromatic rings. The van der Waals surface area contributed by atoms with Crippen LogP contribution in [0.25, 0.3) is 5.76 Å². The number of Topliss-reactive ketones (excluding diaryl/α,β-unsaturated/α-hetero) is 1. The zero-order chi connectivity index (χ0) is 24.7. The van der Waals surface area contributed by atoms with E-state index in [0.717, 1.165) is 25.9 Å². The number of carbonyl (C=O) groups is 2. The third-order valence-electron chi connectivity index (χ3n) is 6.19. The van der Waals surface area contributed by atoms with Gasteiger partial charge in [0.2, 0.25) is 0 Å². The van der Waals surface area contributed by atoms with Gasteiger partial charge in [-0.05, 0) is 61.5 Å². The lowest BCUT2D eigenvalue weighted by molar-refractivity contribution is -0.140. The Morgan fingerprint density at radius 2 is 1.65 bits per heavy atom. The molecular formula is C27H34N2O5. The van der Waals surface area contributed by atoms with Gasteiger partial charge in [-0.2, -0.15) is 0 Å². The highest BCUT2D eigenvalue weighted by Gasteiger charge is 2.45. The van der Waals surface area contributed by atoms with Gasteiger partial charge in [0.1, 0.15) is 17.3 Å². The van der Waals surface area contributed by atoms with E-state index in [1.165, 1.54) is 17.0 Å². The number of rotatable bonds is 11. The first kappa shape index (κ1) is 25.3. The fourth-order valence-electron chi connectivity index (χ4n) is 4.10. The van der Waals surface area contributed by atoms with Gasteiger partial charge >= 0.3 is 0 Å². The number of ketones is 1. The molecule has 34 heavy (non-hydrogen) atoms. The van der Waals surface area contributed by atoms with Crippen LogP contribution in [0.2, 0.25) is 0 Å². The first-order valence-corrected chi connectivity index (χ1v) is 11.9. The molecule has 0 saturated carbocycles.